The predicted octanol–water partition coefficient (Wildman–Crippen LogP) is 3.71. The molecule has 4 heteroatoms. The first-order valence-electron chi connectivity index (χ1n) is 9.02. The third-order valence-electron chi connectivity index (χ3n) is 4.83. The highest BCUT2D eigenvalue weighted by atomic mass is 16.5. The maximum Gasteiger partial charge on any atom is 0.270 e. The summed E-state index contributed by atoms with van der Waals surface area (Å²) < 4.78 is 7.93. The molecule has 4 nitrogen and oxygen atoms in total. The third-order valence-corrected chi connectivity index (χ3v) is 4.83. The van der Waals surface area contributed by atoms with Crippen molar-refractivity contribution in [2.45, 2.75) is 53.4 Å². The van der Waals surface area contributed by atoms with Gasteiger partial charge in [-0.25, -0.2) is 0 Å². The van der Waals surface area contributed by atoms with Crippen molar-refractivity contribution in [3.63, 3.8) is 0 Å². The Morgan fingerprint density at radius 1 is 1.12 bits per heavy atom. The van der Waals surface area contributed by atoms with Crippen LogP contribution in [0.5, 0.6) is 0 Å². The Kier molecular flexibility index (Phi) is 5.00. The number of hydrogen-bond donors (Lipinski definition) is 0. The van der Waals surface area contributed by atoms with Gasteiger partial charge in [0, 0.05) is 25.3 Å². The minimum Gasteiger partial charge on any atom is -0.372 e. The van der Waals surface area contributed by atoms with E-state index in [0.29, 0.717) is 13.1 Å². The lowest BCUT2D eigenvalue weighted by Crippen LogP contribution is -2.48. The summed E-state index contributed by atoms with van der Waals surface area (Å²) in [4.78, 5) is 15.2. The lowest BCUT2D eigenvalue weighted by molar-refractivity contribution is -0.0588. The number of carbonyl (C=O) groups is 1. The zero-order valence-corrected chi connectivity index (χ0v) is 15.9. The van der Waals surface area contributed by atoms with Crippen molar-refractivity contribution in [2.75, 3.05) is 13.1 Å². The third kappa shape index (κ3) is 3.79. The Hall–Kier alpha value is -2.07. The van der Waals surface area contributed by atoms with Crippen LogP contribution < -0.4 is 0 Å². The van der Waals surface area contributed by atoms with Crippen LogP contribution in [0.25, 0.3) is 0 Å². The lowest BCUT2D eigenvalue weighted by Gasteiger charge is -2.35. The largest absolute Gasteiger partial charge is 0.372 e. The Morgan fingerprint density at radius 2 is 1.80 bits per heavy atom. The second-order valence-corrected chi connectivity index (χ2v) is 7.36. The quantitative estimate of drug-likeness (QED) is 0.854. The molecule has 1 aromatic heterocycles. The van der Waals surface area contributed by atoms with Gasteiger partial charge in [-0.15, -0.1) is 0 Å². The number of aryl methyl sites for hydroxylation is 3. The standard InChI is InChI=1S/C21H28N2O2/c1-14-7-6-8-19(9-14)13-23-16(3)10-15(2)20(23)21(24)22-11-17(4)25-18(5)12-22/h6-10,17-18H,11-13H2,1-5H3/t17-,18-/m1/s1. The number of amides is 1. The molecule has 1 aliphatic rings. The second-order valence-electron chi connectivity index (χ2n) is 7.36. The van der Waals surface area contributed by atoms with Crippen molar-refractivity contribution >= 4 is 5.91 Å². The summed E-state index contributed by atoms with van der Waals surface area (Å²) in [6.45, 7) is 12.3. The van der Waals surface area contributed by atoms with E-state index in [0.717, 1.165) is 23.5 Å². The molecule has 2 aromatic rings. The number of carbonyl (C=O) groups excluding carboxylic acids is 1. The number of benzene rings is 1. The van der Waals surface area contributed by atoms with Crippen LogP contribution in [-0.2, 0) is 11.3 Å². The van der Waals surface area contributed by atoms with Crippen LogP contribution in [0.2, 0.25) is 0 Å². The van der Waals surface area contributed by atoms with Crippen LogP contribution in [0.15, 0.2) is 30.3 Å². The van der Waals surface area contributed by atoms with Gasteiger partial charge in [-0.1, -0.05) is 29.8 Å². The van der Waals surface area contributed by atoms with Gasteiger partial charge in [0.1, 0.15) is 5.69 Å². The smallest absolute Gasteiger partial charge is 0.270 e. The molecule has 0 bridgehead atoms. The lowest BCUT2D eigenvalue weighted by atomic mass is 10.1. The summed E-state index contributed by atoms with van der Waals surface area (Å²) in [5.41, 5.74) is 5.43. The minimum atomic E-state index is 0.0780. The van der Waals surface area contributed by atoms with E-state index < -0.39 is 0 Å². The summed E-state index contributed by atoms with van der Waals surface area (Å²) in [6.07, 6.45) is 0.156. The molecule has 1 aliphatic heterocycles. The average molecular weight is 340 g/mol. The van der Waals surface area contributed by atoms with Gasteiger partial charge < -0.3 is 14.2 Å². The maximum absolute atomic E-state index is 13.3. The summed E-state index contributed by atoms with van der Waals surface area (Å²) in [5.74, 6) is 0.111. The van der Waals surface area contributed by atoms with Crippen LogP contribution in [0.1, 0.15) is 46.7 Å². The molecule has 0 aliphatic carbocycles. The Morgan fingerprint density at radius 3 is 2.44 bits per heavy atom. The van der Waals surface area contributed by atoms with Crippen molar-refractivity contribution in [1.82, 2.24) is 9.47 Å². The van der Waals surface area contributed by atoms with Crippen molar-refractivity contribution in [3.05, 3.63) is 58.4 Å². The van der Waals surface area contributed by atoms with E-state index in [1.807, 2.05) is 25.7 Å². The highest BCUT2D eigenvalue weighted by Gasteiger charge is 2.29. The van der Waals surface area contributed by atoms with Gasteiger partial charge in [0.15, 0.2) is 0 Å². The summed E-state index contributed by atoms with van der Waals surface area (Å²) >= 11 is 0. The van der Waals surface area contributed by atoms with E-state index in [4.69, 9.17) is 4.74 Å². The van der Waals surface area contributed by atoms with E-state index in [1.165, 1.54) is 11.1 Å². The molecule has 0 spiro atoms. The molecule has 2 atom stereocenters. The fourth-order valence-electron chi connectivity index (χ4n) is 3.82. The molecule has 1 amide bonds. The van der Waals surface area contributed by atoms with Crippen molar-refractivity contribution < 1.29 is 9.53 Å². The van der Waals surface area contributed by atoms with Crippen LogP contribution in [-0.4, -0.2) is 40.7 Å². The van der Waals surface area contributed by atoms with E-state index in [1.54, 1.807) is 0 Å². The molecule has 0 saturated carbocycles. The first kappa shape index (κ1) is 17.7. The Labute approximate surface area is 150 Å². The van der Waals surface area contributed by atoms with Gasteiger partial charge in [0.25, 0.3) is 5.91 Å². The van der Waals surface area contributed by atoms with Crippen LogP contribution in [0.4, 0.5) is 0 Å². The number of nitrogens with zero attached hydrogens (tertiary/aromatic N) is 2. The summed E-state index contributed by atoms with van der Waals surface area (Å²) in [5, 5.41) is 0. The molecule has 0 radical (unpaired) electrons. The normalized spacial score (nSPS) is 20.8. The first-order valence-corrected chi connectivity index (χ1v) is 9.02. The molecule has 1 fully saturated rings. The summed E-state index contributed by atoms with van der Waals surface area (Å²) in [6, 6.07) is 10.6. The molecule has 0 unspecified atom stereocenters. The van der Waals surface area contributed by atoms with Crippen LogP contribution in [0.3, 0.4) is 0 Å². The number of rotatable bonds is 3. The number of aromatic nitrogens is 1. The fourth-order valence-corrected chi connectivity index (χ4v) is 3.82. The van der Waals surface area contributed by atoms with E-state index in [2.05, 4.69) is 48.7 Å². The molecule has 3 rings (SSSR count). The first-order chi connectivity index (χ1) is 11.8. The fraction of sp³-hybridized carbons (Fsp3) is 0.476. The van der Waals surface area contributed by atoms with Gasteiger partial charge in [-0.2, -0.15) is 0 Å². The zero-order chi connectivity index (χ0) is 18.1. The van der Waals surface area contributed by atoms with E-state index in [-0.39, 0.29) is 18.1 Å². The molecule has 1 saturated heterocycles. The molecule has 1 aromatic carbocycles. The Balaban J connectivity index is 1.92. The Bertz CT molecular complexity index is 768. The molecule has 134 valence electrons. The van der Waals surface area contributed by atoms with Crippen molar-refractivity contribution in [1.29, 1.82) is 0 Å². The topological polar surface area (TPSA) is 34.5 Å². The SMILES string of the molecule is Cc1cccc(Cn2c(C)cc(C)c2C(=O)N2C[C@@H](C)O[C@H](C)C2)c1. The number of hydrogen-bond acceptors (Lipinski definition) is 2. The highest BCUT2D eigenvalue weighted by Crippen LogP contribution is 2.22. The van der Waals surface area contributed by atoms with E-state index in [9.17, 15) is 4.79 Å². The highest BCUT2D eigenvalue weighted by molar-refractivity contribution is 5.94. The van der Waals surface area contributed by atoms with Crippen molar-refractivity contribution in [3.8, 4) is 0 Å². The van der Waals surface area contributed by atoms with Gasteiger partial charge in [-0.3, -0.25) is 4.79 Å². The molecular weight excluding hydrogens is 312 g/mol. The maximum atomic E-state index is 13.3. The monoisotopic (exact) mass is 340 g/mol. The van der Waals surface area contributed by atoms with Gasteiger partial charge in [-0.05, 0) is 51.8 Å². The molecular formula is C21H28N2O2. The van der Waals surface area contributed by atoms with Gasteiger partial charge >= 0.3 is 0 Å². The number of ether oxygens (including phenoxy) is 1. The molecule has 0 N–H and O–H groups in total. The van der Waals surface area contributed by atoms with Crippen LogP contribution >= 0.6 is 0 Å². The number of morpholine rings is 1. The summed E-state index contributed by atoms with van der Waals surface area (Å²) in [7, 11) is 0. The van der Waals surface area contributed by atoms with E-state index >= 15 is 0 Å². The van der Waals surface area contributed by atoms with Gasteiger partial charge in [0.05, 0.1) is 12.2 Å². The van der Waals surface area contributed by atoms with Crippen molar-refractivity contribution in [2.24, 2.45) is 0 Å². The second kappa shape index (κ2) is 7.04. The predicted molar refractivity (Wildman–Crippen MR) is 100 cm³/mol. The minimum absolute atomic E-state index is 0.0780. The zero-order valence-electron chi connectivity index (χ0n) is 15.9. The average Bonchev–Trinajstić information content (AvgIpc) is 2.79. The molecule has 2 heterocycles. The van der Waals surface area contributed by atoms with Crippen LogP contribution in [0, 0.1) is 20.8 Å². The van der Waals surface area contributed by atoms with Gasteiger partial charge in [0.2, 0.25) is 0 Å². The molecule has 25 heavy (non-hydrogen) atoms.